The molecule has 0 bridgehead atoms. The van der Waals surface area contributed by atoms with E-state index in [1.54, 1.807) is 12.1 Å². The van der Waals surface area contributed by atoms with Gasteiger partial charge in [-0.15, -0.1) is 0 Å². The van der Waals surface area contributed by atoms with Crippen molar-refractivity contribution in [1.82, 2.24) is 0 Å². The topological polar surface area (TPSA) is 75.7 Å². The van der Waals surface area contributed by atoms with Gasteiger partial charge in [0.25, 0.3) is 5.69 Å². The van der Waals surface area contributed by atoms with Gasteiger partial charge in [-0.25, -0.2) is 0 Å². The highest BCUT2D eigenvalue weighted by Crippen LogP contribution is 2.28. The number of nitro groups is 1. The first-order valence-corrected chi connectivity index (χ1v) is 7.65. The quantitative estimate of drug-likeness (QED) is 0.678. The van der Waals surface area contributed by atoms with Gasteiger partial charge < -0.3 is 5.11 Å². The maximum Gasteiger partial charge on any atom is 0.269 e. The van der Waals surface area contributed by atoms with Crippen LogP contribution in [-0.4, -0.2) is 21.8 Å². The molecule has 0 fully saturated rings. The summed E-state index contributed by atoms with van der Waals surface area (Å²) in [5.74, 6) is 0. The molecule has 0 saturated heterocycles. The summed E-state index contributed by atoms with van der Waals surface area (Å²) in [7, 11) is 0. The lowest BCUT2D eigenvalue weighted by Gasteiger charge is -2.15. The van der Waals surface area contributed by atoms with Gasteiger partial charge in [-0.1, -0.05) is 42.5 Å². The first-order chi connectivity index (χ1) is 11.1. The van der Waals surface area contributed by atoms with Gasteiger partial charge in [-0.3, -0.25) is 15.1 Å². The average molecular weight is 310 g/mol. The predicted octanol–water partition coefficient (Wildman–Crippen LogP) is 3.47. The molecule has 2 aromatic carbocycles. The highest BCUT2D eigenvalue weighted by Gasteiger charge is 2.25. The van der Waals surface area contributed by atoms with Crippen molar-refractivity contribution in [2.75, 3.05) is 0 Å². The maximum absolute atomic E-state index is 10.7. The van der Waals surface area contributed by atoms with Gasteiger partial charge in [0.2, 0.25) is 0 Å². The third-order valence-electron chi connectivity index (χ3n) is 4.14. The normalized spacial score (nSPS) is 18.5. The Morgan fingerprint density at radius 1 is 1.17 bits per heavy atom. The van der Waals surface area contributed by atoms with Crippen LogP contribution in [0.15, 0.2) is 59.6 Å². The van der Waals surface area contributed by atoms with Crippen LogP contribution in [0.4, 0.5) is 5.69 Å². The van der Waals surface area contributed by atoms with E-state index in [2.05, 4.69) is 4.99 Å². The van der Waals surface area contributed by atoms with E-state index < -0.39 is 11.0 Å². The number of non-ortho nitro benzene ring substituents is 1. The molecule has 1 aliphatic heterocycles. The Balaban J connectivity index is 1.66. The molecule has 0 aromatic heterocycles. The molecule has 0 aliphatic carbocycles. The summed E-state index contributed by atoms with van der Waals surface area (Å²) in [6, 6.07) is 16.0. The third-order valence-corrected chi connectivity index (χ3v) is 4.14. The SMILES string of the molecule is O=[N+]([O-])c1ccc(CC2=NC([C@H](O)c3ccccc3)CC2)cc1. The van der Waals surface area contributed by atoms with E-state index in [9.17, 15) is 15.2 Å². The van der Waals surface area contributed by atoms with Gasteiger partial charge in [-0.2, -0.15) is 0 Å². The van der Waals surface area contributed by atoms with E-state index in [4.69, 9.17) is 0 Å². The average Bonchev–Trinajstić information content (AvgIpc) is 3.04. The molecule has 5 heteroatoms. The lowest BCUT2D eigenvalue weighted by Crippen LogP contribution is -2.13. The van der Waals surface area contributed by atoms with E-state index in [0.717, 1.165) is 29.7 Å². The van der Waals surface area contributed by atoms with Gasteiger partial charge >= 0.3 is 0 Å². The van der Waals surface area contributed by atoms with E-state index in [-0.39, 0.29) is 11.7 Å². The number of hydrogen-bond acceptors (Lipinski definition) is 4. The molecule has 1 aliphatic rings. The van der Waals surface area contributed by atoms with Crippen LogP contribution in [0.5, 0.6) is 0 Å². The second-order valence-corrected chi connectivity index (χ2v) is 5.76. The number of aliphatic hydroxyl groups excluding tert-OH is 1. The Morgan fingerprint density at radius 3 is 2.52 bits per heavy atom. The monoisotopic (exact) mass is 310 g/mol. The summed E-state index contributed by atoms with van der Waals surface area (Å²) in [5.41, 5.74) is 3.03. The first-order valence-electron chi connectivity index (χ1n) is 7.65. The van der Waals surface area contributed by atoms with Crippen LogP contribution in [-0.2, 0) is 6.42 Å². The van der Waals surface area contributed by atoms with Crippen molar-refractivity contribution in [3.8, 4) is 0 Å². The zero-order valence-electron chi connectivity index (χ0n) is 12.6. The summed E-state index contributed by atoms with van der Waals surface area (Å²) in [5, 5.41) is 21.1. The summed E-state index contributed by atoms with van der Waals surface area (Å²) in [4.78, 5) is 14.9. The minimum absolute atomic E-state index is 0.0967. The standard InChI is InChI=1S/C18H18N2O3/c21-18(14-4-2-1-3-5-14)17-11-8-15(19-17)12-13-6-9-16(10-7-13)20(22)23/h1-7,9-10,17-18,21H,8,11-12H2/t17?,18-/m1/s1. The Morgan fingerprint density at radius 2 is 1.87 bits per heavy atom. The van der Waals surface area contributed by atoms with Crippen molar-refractivity contribution in [2.24, 2.45) is 4.99 Å². The summed E-state index contributed by atoms with van der Waals surface area (Å²) >= 11 is 0. The van der Waals surface area contributed by atoms with Crippen molar-refractivity contribution in [3.05, 3.63) is 75.8 Å². The van der Waals surface area contributed by atoms with Gasteiger partial charge in [0, 0.05) is 24.3 Å². The molecule has 0 saturated carbocycles. The fraction of sp³-hybridized carbons (Fsp3) is 0.278. The Labute approximate surface area is 134 Å². The van der Waals surface area contributed by atoms with Crippen molar-refractivity contribution in [1.29, 1.82) is 0 Å². The summed E-state index contributed by atoms with van der Waals surface area (Å²) in [6.07, 6.45) is 1.78. The smallest absolute Gasteiger partial charge is 0.269 e. The fourth-order valence-corrected chi connectivity index (χ4v) is 2.88. The second-order valence-electron chi connectivity index (χ2n) is 5.76. The molecule has 3 rings (SSSR count). The van der Waals surface area contributed by atoms with Gasteiger partial charge in [0.15, 0.2) is 0 Å². The molecule has 118 valence electrons. The van der Waals surface area contributed by atoms with Crippen molar-refractivity contribution < 1.29 is 10.0 Å². The van der Waals surface area contributed by atoms with Gasteiger partial charge in [-0.05, 0) is 24.0 Å². The Bertz CT molecular complexity index is 711. The lowest BCUT2D eigenvalue weighted by atomic mass is 10.00. The molecule has 1 N–H and O–H groups in total. The van der Waals surface area contributed by atoms with Crippen LogP contribution in [0.2, 0.25) is 0 Å². The summed E-state index contributed by atoms with van der Waals surface area (Å²) in [6.45, 7) is 0. The highest BCUT2D eigenvalue weighted by atomic mass is 16.6. The molecule has 5 nitrogen and oxygen atoms in total. The second kappa shape index (κ2) is 6.71. The van der Waals surface area contributed by atoms with Crippen molar-refractivity contribution >= 4 is 11.4 Å². The molecule has 2 aromatic rings. The molecule has 23 heavy (non-hydrogen) atoms. The zero-order chi connectivity index (χ0) is 16.2. The predicted molar refractivity (Wildman–Crippen MR) is 88.7 cm³/mol. The van der Waals surface area contributed by atoms with Crippen LogP contribution in [0.25, 0.3) is 0 Å². The number of benzene rings is 2. The van der Waals surface area contributed by atoms with E-state index in [1.807, 2.05) is 30.3 Å². The van der Waals surface area contributed by atoms with Crippen molar-refractivity contribution in [2.45, 2.75) is 31.4 Å². The lowest BCUT2D eigenvalue weighted by molar-refractivity contribution is -0.384. The van der Waals surface area contributed by atoms with Crippen LogP contribution in [0, 0.1) is 10.1 Å². The van der Waals surface area contributed by atoms with E-state index >= 15 is 0 Å². The zero-order valence-corrected chi connectivity index (χ0v) is 12.6. The minimum atomic E-state index is -0.578. The Hall–Kier alpha value is -2.53. The molecule has 1 unspecified atom stereocenters. The molecule has 0 amide bonds. The molecule has 2 atom stereocenters. The molecule has 0 spiro atoms. The van der Waals surface area contributed by atoms with E-state index in [0.29, 0.717) is 6.42 Å². The molecule has 1 heterocycles. The largest absolute Gasteiger partial charge is 0.386 e. The van der Waals surface area contributed by atoms with Crippen LogP contribution < -0.4 is 0 Å². The number of nitro benzene ring substituents is 1. The number of aliphatic imine (C=N–C) groups is 1. The number of nitrogens with zero attached hydrogens (tertiary/aromatic N) is 2. The number of rotatable bonds is 5. The Kier molecular flexibility index (Phi) is 4.48. The molecule has 0 radical (unpaired) electrons. The van der Waals surface area contributed by atoms with Crippen LogP contribution in [0.1, 0.15) is 30.1 Å². The first kappa shape index (κ1) is 15.4. The highest BCUT2D eigenvalue weighted by molar-refractivity contribution is 5.88. The molecular weight excluding hydrogens is 292 g/mol. The molecular formula is C18H18N2O3. The van der Waals surface area contributed by atoms with E-state index in [1.165, 1.54) is 12.1 Å². The third kappa shape index (κ3) is 3.63. The minimum Gasteiger partial charge on any atom is -0.386 e. The number of hydrogen-bond donors (Lipinski definition) is 1. The van der Waals surface area contributed by atoms with Gasteiger partial charge in [0.1, 0.15) is 6.10 Å². The summed E-state index contributed by atoms with van der Waals surface area (Å²) < 4.78 is 0. The fourth-order valence-electron chi connectivity index (χ4n) is 2.88. The van der Waals surface area contributed by atoms with Gasteiger partial charge in [0.05, 0.1) is 11.0 Å². The van der Waals surface area contributed by atoms with Crippen molar-refractivity contribution in [3.63, 3.8) is 0 Å². The number of aliphatic hydroxyl groups is 1. The van der Waals surface area contributed by atoms with Crippen LogP contribution in [0.3, 0.4) is 0 Å². The van der Waals surface area contributed by atoms with Crippen LogP contribution >= 0.6 is 0 Å². The maximum atomic E-state index is 10.7.